The second kappa shape index (κ2) is 5.56. The molecule has 0 aliphatic carbocycles. The van der Waals surface area contributed by atoms with Gasteiger partial charge in [-0.3, -0.25) is 4.79 Å². The van der Waals surface area contributed by atoms with E-state index in [1.54, 1.807) is 0 Å². The molecule has 100 valence electrons. The SMILES string of the molecule is CCNc1nc(N)c(C(=O)N2CCC(C)CC2)s1. The Kier molecular flexibility index (Phi) is 4.06. The van der Waals surface area contributed by atoms with Gasteiger partial charge in [0, 0.05) is 19.6 Å². The first-order valence-electron chi connectivity index (χ1n) is 6.41. The molecular weight excluding hydrogens is 248 g/mol. The molecule has 0 atom stereocenters. The zero-order valence-corrected chi connectivity index (χ0v) is 11.7. The van der Waals surface area contributed by atoms with Crippen LogP contribution in [0.3, 0.4) is 0 Å². The van der Waals surface area contributed by atoms with E-state index in [0.717, 1.165) is 37.6 Å². The molecule has 3 N–H and O–H groups in total. The zero-order chi connectivity index (χ0) is 13.1. The van der Waals surface area contributed by atoms with Crippen LogP contribution in [0.4, 0.5) is 10.9 Å². The van der Waals surface area contributed by atoms with Gasteiger partial charge in [0.05, 0.1) is 0 Å². The van der Waals surface area contributed by atoms with Gasteiger partial charge in [0.15, 0.2) is 5.13 Å². The van der Waals surface area contributed by atoms with Crippen LogP contribution < -0.4 is 11.1 Å². The Labute approximate surface area is 111 Å². The summed E-state index contributed by atoms with van der Waals surface area (Å²) in [4.78, 5) is 19.0. The van der Waals surface area contributed by atoms with E-state index in [2.05, 4.69) is 17.2 Å². The number of carbonyl (C=O) groups excluding carboxylic acids is 1. The Bertz CT molecular complexity index is 424. The molecule has 0 saturated carbocycles. The minimum absolute atomic E-state index is 0.0288. The van der Waals surface area contributed by atoms with Gasteiger partial charge in [-0.15, -0.1) is 0 Å². The molecule has 0 radical (unpaired) electrons. The number of nitrogens with one attached hydrogen (secondary N) is 1. The first kappa shape index (κ1) is 13.1. The Morgan fingerprint density at radius 1 is 1.56 bits per heavy atom. The van der Waals surface area contributed by atoms with Crippen molar-refractivity contribution in [1.29, 1.82) is 0 Å². The second-order valence-electron chi connectivity index (χ2n) is 4.74. The van der Waals surface area contributed by atoms with Crippen LogP contribution in [0, 0.1) is 5.92 Å². The van der Waals surface area contributed by atoms with Gasteiger partial charge < -0.3 is 16.0 Å². The molecule has 6 heteroatoms. The molecule has 1 saturated heterocycles. The minimum Gasteiger partial charge on any atom is -0.382 e. The van der Waals surface area contributed by atoms with Crippen LogP contribution in [0.1, 0.15) is 36.4 Å². The summed E-state index contributed by atoms with van der Waals surface area (Å²) in [6.45, 7) is 6.65. The first-order chi connectivity index (χ1) is 8.61. The number of nitrogen functional groups attached to an aromatic ring is 1. The third kappa shape index (κ3) is 2.75. The van der Waals surface area contributed by atoms with Crippen LogP contribution in [0.5, 0.6) is 0 Å². The molecule has 2 heterocycles. The molecule has 1 aliphatic heterocycles. The van der Waals surface area contributed by atoms with E-state index in [0.29, 0.717) is 16.6 Å². The van der Waals surface area contributed by atoms with Gasteiger partial charge in [0.2, 0.25) is 0 Å². The number of carbonyl (C=O) groups is 1. The maximum absolute atomic E-state index is 12.3. The number of aromatic nitrogens is 1. The standard InChI is InChI=1S/C12H20N4OS/c1-3-14-12-15-10(13)9(18-12)11(17)16-6-4-8(2)5-7-16/h8H,3-7,13H2,1-2H3,(H,14,15). The highest BCUT2D eigenvalue weighted by Crippen LogP contribution is 2.27. The Balaban J connectivity index is 2.08. The average Bonchev–Trinajstić information content (AvgIpc) is 2.71. The Morgan fingerprint density at radius 3 is 2.83 bits per heavy atom. The van der Waals surface area contributed by atoms with Gasteiger partial charge in [-0.05, 0) is 25.7 Å². The Morgan fingerprint density at radius 2 is 2.22 bits per heavy atom. The maximum Gasteiger partial charge on any atom is 0.267 e. The number of likely N-dealkylation sites (tertiary alicyclic amines) is 1. The lowest BCUT2D eigenvalue weighted by Crippen LogP contribution is -2.37. The van der Waals surface area contributed by atoms with Gasteiger partial charge in [-0.1, -0.05) is 18.3 Å². The fraction of sp³-hybridized carbons (Fsp3) is 0.667. The van der Waals surface area contributed by atoms with Gasteiger partial charge in [0.25, 0.3) is 5.91 Å². The molecule has 1 amide bonds. The van der Waals surface area contributed by atoms with E-state index < -0.39 is 0 Å². The van der Waals surface area contributed by atoms with Crippen molar-refractivity contribution in [1.82, 2.24) is 9.88 Å². The molecule has 1 aliphatic rings. The summed E-state index contributed by atoms with van der Waals surface area (Å²) >= 11 is 1.35. The van der Waals surface area contributed by atoms with Crippen molar-refractivity contribution in [2.45, 2.75) is 26.7 Å². The molecule has 0 spiro atoms. The summed E-state index contributed by atoms with van der Waals surface area (Å²) in [6.07, 6.45) is 2.15. The number of thiazole rings is 1. The number of nitrogens with zero attached hydrogens (tertiary/aromatic N) is 2. The highest BCUT2D eigenvalue weighted by atomic mass is 32.1. The van der Waals surface area contributed by atoms with E-state index in [1.165, 1.54) is 11.3 Å². The van der Waals surface area contributed by atoms with Gasteiger partial charge >= 0.3 is 0 Å². The lowest BCUT2D eigenvalue weighted by Gasteiger charge is -2.29. The van der Waals surface area contributed by atoms with Crippen molar-refractivity contribution in [2.24, 2.45) is 5.92 Å². The largest absolute Gasteiger partial charge is 0.382 e. The van der Waals surface area contributed by atoms with Crippen LogP contribution in [-0.4, -0.2) is 35.4 Å². The summed E-state index contributed by atoms with van der Waals surface area (Å²) in [5, 5.41) is 3.82. The van der Waals surface area contributed by atoms with E-state index in [1.807, 2.05) is 11.8 Å². The van der Waals surface area contributed by atoms with Crippen molar-refractivity contribution < 1.29 is 4.79 Å². The zero-order valence-electron chi connectivity index (χ0n) is 10.9. The number of piperidine rings is 1. The van der Waals surface area contributed by atoms with E-state index in [4.69, 9.17) is 5.73 Å². The summed E-state index contributed by atoms with van der Waals surface area (Å²) in [5.74, 6) is 1.09. The lowest BCUT2D eigenvalue weighted by atomic mass is 9.99. The number of hydrogen-bond donors (Lipinski definition) is 2. The summed E-state index contributed by atoms with van der Waals surface area (Å²) < 4.78 is 0. The predicted molar refractivity (Wildman–Crippen MR) is 75.0 cm³/mol. The predicted octanol–water partition coefficient (Wildman–Crippen LogP) is 2.03. The monoisotopic (exact) mass is 268 g/mol. The number of nitrogens with two attached hydrogens (primary N) is 1. The van der Waals surface area contributed by atoms with Crippen molar-refractivity contribution in [2.75, 3.05) is 30.7 Å². The van der Waals surface area contributed by atoms with Crippen LogP contribution in [0.2, 0.25) is 0 Å². The molecule has 18 heavy (non-hydrogen) atoms. The van der Waals surface area contributed by atoms with Gasteiger partial charge in [-0.2, -0.15) is 0 Å². The number of hydrogen-bond acceptors (Lipinski definition) is 5. The molecule has 5 nitrogen and oxygen atoms in total. The van der Waals surface area contributed by atoms with Crippen LogP contribution >= 0.6 is 11.3 Å². The first-order valence-corrected chi connectivity index (χ1v) is 7.23. The van der Waals surface area contributed by atoms with E-state index >= 15 is 0 Å². The topological polar surface area (TPSA) is 71.2 Å². The summed E-state index contributed by atoms with van der Waals surface area (Å²) in [5.41, 5.74) is 5.82. The van der Waals surface area contributed by atoms with Crippen LogP contribution in [0.25, 0.3) is 0 Å². The molecule has 2 rings (SSSR count). The lowest BCUT2D eigenvalue weighted by molar-refractivity contribution is 0.0703. The van der Waals surface area contributed by atoms with Crippen molar-refractivity contribution in [3.63, 3.8) is 0 Å². The summed E-state index contributed by atoms with van der Waals surface area (Å²) in [6, 6.07) is 0. The van der Waals surface area contributed by atoms with Crippen molar-refractivity contribution >= 4 is 28.2 Å². The van der Waals surface area contributed by atoms with E-state index in [-0.39, 0.29) is 5.91 Å². The van der Waals surface area contributed by atoms with Crippen LogP contribution in [0.15, 0.2) is 0 Å². The smallest absolute Gasteiger partial charge is 0.267 e. The van der Waals surface area contributed by atoms with E-state index in [9.17, 15) is 4.79 Å². The average molecular weight is 268 g/mol. The summed E-state index contributed by atoms with van der Waals surface area (Å²) in [7, 11) is 0. The van der Waals surface area contributed by atoms with Crippen molar-refractivity contribution in [3.8, 4) is 0 Å². The number of rotatable bonds is 3. The number of amides is 1. The minimum atomic E-state index is 0.0288. The second-order valence-corrected chi connectivity index (χ2v) is 5.74. The third-order valence-corrected chi connectivity index (χ3v) is 4.26. The molecular formula is C12H20N4OS. The molecule has 1 aromatic rings. The van der Waals surface area contributed by atoms with Gasteiger partial charge in [-0.25, -0.2) is 4.98 Å². The quantitative estimate of drug-likeness (QED) is 0.880. The highest BCUT2D eigenvalue weighted by Gasteiger charge is 2.25. The fourth-order valence-electron chi connectivity index (χ4n) is 2.07. The third-order valence-electron chi connectivity index (χ3n) is 3.25. The van der Waals surface area contributed by atoms with Crippen molar-refractivity contribution in [3.05, 3.63) is 4.88 Å². The normalized spacial score (nSPS) is 16.9. The fourth-order valence-corrected chi connectivity index (χ4v) is 2.99. The Hall–Kier alpha value is -1.30. The molecule has 1 fully saturated rings. The molecule has 0 aromatic carbocycles. The number of anilines is 2. The van der Waals surface area contributed by atoms with Gasteiger partial charge in [0.1, 0.15) is 10.7 Å². The highest BCUT2D eigenvalue weighted by molar-refractivity contribution is 7.18. The molecule has 1 aromatic heterocycles. The van der Waals surface area contributed by atoms with Crippen LogP contribution in [-0.2, 0) is 0 Å². The maximum atomic E-state index is 12.3. The molecule has 0 bridgehead atoms. The molecule has 0 unspecified atom stereocenters.